The highest BCUT2D eigenvalue weighted by molar-refractivity contribution is 5.92. The largest absolute Gasteiger partial charge is 0.490 e. The fourth-order valence-electron chi connectivity index (χ4n) is 5.51. The highest BCUT2D eigenvalue weighted by Gasteiger charge is 2.20. The van der Waals surface area contributed by atoms with Gasteiger partial charge in [0.2, 0.25) is 11.4 Å². The van der Waals surface area contributed by atoms with E-state index in [0.29, 0.717) is 11.6 Å². The van der Waals surface area contributed by atoms with E-state index in [1.165, 1.54) is 23.5 Å². The predicted molar refractivity (Wildman–Crippen MR) is 150 cm³/mol. The Hall–Kier alpha value is -4.24. The van der Waals surface area contributed by atoms with Crippen LogP contribution in [0.5, 0.6) is 5.75 Å². The number of ether oxygens (including phenoxy) is 1. The summed E-state index contributed by atoms with van der Waals surface area (Å²) in [7, 11) is 0. The van der Waals surface area contributed by atoms with Crippen LogP contribution in [0.15, 0.2) is 59.7 Å². The average Bonchev–Trinajstić information content (AvgIpc) is 3.43. The van der Waals surface area contributed by atoms with Gasteiger partial charge in [0, 0.05) is 36.9 Å². The lowest BCUT2D eigenvalue weighted by Crippen LogP contribution is -2.37. The van der Waals surface area contributed by atoms with Gasteiger partial charge in [-0.15, -0.1) is 0 Å². The Balaban J connectivity index is 1.28. The Bertz CT molecular complexity index is 1590. The van der Waals surface area contributed by atoms with E-state index in [9.17, 15) is 14.7 Å². The lowest BCUT2D eigenvalue weighted by molar-refractivity contribution is 0.0695. The van der Waals surface area contributed by atoms with E-state index in [4.69, 9.17) is 4.74 Å². The van der Waals surface area contributed by atoms with Gasteiger partial charge in [-0.2, -0.15) is 4.98 Å². The summed E-state index contributed by atoms with van der Waals surface area (Å²) in [6.45, 7) is 5.38. The van der Waals surface area contributed by atoms with E-state index in [1.54, 1.807) is 4.57 Å². The van der Waals surface area contributed by atoms with Gasteiger partial charge in [0.05, 0.1) is 5.39 Å². The number of aromatic nitrogens is 3. The minimum atomic E-state index is -1.28. The molecule has 2 N–H and O–H groups in total. The molecule has 0 radical (unpaired) electrons. The summed E-state index contributed by atoms with van der Waals surface area (Å²) in [5, 5.41) is 13.0. The third-order valence-corrected chi connectivity index (χ3v) is 7.73. The molecule has 200 valence electrons. The van der Waals surface area contributed by atoms with Crippen molar-refractivity contribution >= 4 is 28.6 Å². The fraction of sp³-hybridized carbons (Fsp3) is 0.333. The van der Waals surface area contributed by atoms with Gasteiger partial charge >= 0.3 is 5.97 Å². The van der Waals surface area contributed by atoms with E-state index < -0.39 is 11.4 Å². The molecule has 0 spiro atoms. The minimum absolute atomic E-state index is 0.152. The van der Waals surface area contributed by atoms with Crippen molar-refractivity contribution in [2.24, 2.45) is 0 Å². The van der Waals surface area contributed by atoms with E-state index in [0.717, 1.165) is 68.9 Å². The molecule has 0 amide bonds. The van der Waals surface area contributed by atoms with Crippen molar-refractivity contribution in [3.63, 3.8) is 0 Å². The molecule has 2 aromatic carbocycles. The number of carboxylic acids is 1. The maximum atomic E-state index is 12.9. The normalized spacial score (nSPS) is 15.8. The number of nitrogens with one attached hydrogen (secondary N) is 1. The third-order valence-electron chi connectivity index (χ3n) is 7.73. The molecule has 1 aliphatic carbocycles. The summed E-state index contributed by atoms with van der Waals surface area (Å²) < 4.78 is 7.85. The second-order valence-electron chi connectivity index (χ2n) is 10.2. The van der Waals surface area contributed by atoms with Crippen molar-refractivity contribution in [2.75, 3.05) is 25.0 Å². The van der Waals surface area contributed by atoms with E-state index in [1.807, 2.05) is 30.3 Å². The number of aromatic carboxylic acids is 1. The average molecular weight is 526 g/mol. The van der Waals surface area contributed by atoms with E-state index >= 15 is 0 Å². The molecule has 4 aromatic rings. The number of anilines is 2. The van der Waals surface area contributed by atoms with Gasteiger partial charge < -0.3 is 24.6 Å². The topological polar surface area (TPSA) is 110 Å². The van der Waals surface area contributed by atoms with Crippen LogP contribution >= 0.6 is 0 Å². The molecule has 2 aromatic heterocycles. The number of piperidine rings is 1. The number of hydrogen-bond acceptors (Lipinski definition) is 7. The Morgan fingerprint density at radius 2 is 1.87 bits per heavy atom. The molecule has 6 rings (SSSR count). The molecule has 0 unspecified atom stereocenters. The second kappa shape index (κ2) is 10.5. The van der Waals surface area contributed by atoms with Crippen LogP contribution in [0, 0.1) is 0 Å². The van der Waals surface area contributed by atoms with Gasteiger partial charge in [-0.1, -0.05) is 13.0 Å². The number of hydrogen-bond donors (Lipinski definition) is 2. The zero-order chi connectivity index (χ0) is 26.9. The van der Waals surface area contributed by atoms with Gasteiger partial charge in [-0.25, -0.2) is 9.78 Å². The zero-order valence-electron chi connectivity index (χ0n) is 21.9. The molecule has 9 heteroatoms. The van der Waals surface area contributed by atoms with Crippen molar-refractivity contribution in [1.82, 2.24) is 19.4 Å². The Labute approximate surface area is 226 Å². The number of rotatable bonds is 7. The summed E-state index contributed by atoms with van der Waals surface area (Å²) in [6.07, 6.45) is 8.14. The standard InChI is InChI=1S/C30H31N5O4/c1-2-34-14-12-24(13-15-34)39-23-10-7-21(8-11-23)32-30-31-17-25-27(36)26(29(37)38)18-35(28(25)33-30)22-9-6-19-4-3-5-20(19)16-22/h6-11,16-18,24H,2-5,12-15H2,1H3,(H,37,38)(H,31,32,33). The number of pyridine rings is 1. The number of benzene rings is 2. The fourth-order valence-corrected chi connectivity index (χ4v) is 5.51. The van der Waals surface area contributed by atoms with Crippen LogP contribution in [0.1, 0.15) is 47.7 Å². The summed E-state index contributed by atoms with van der Waals surface area (Å²) in [5.74, 6) is -0.153. The van der Waals surface area contributed by atoms with Crippen molar-refractivity contribution in [1.29, 1.82) is 0 Å². The number of fused-ring (bicyclic) bond motifs is 2. The van der Waals surface area contributed by atoms with Crippen molar-refractivity contribution < 1.29 is 14.6 Å². The number of nitrogens with zero attached hydrogens (tertiary/aromatic N) is 4. The lowest BCUT2D eigenvalue weighted by atomic mass is 10.1. The molecule has 1 fully saturated rings. The first-order chi connectivity index (χ1) is 19.0. The Morgan fingerprint density at radius 1 is 1.10 bits per heavy atom. The second-order valence-corrected chi connectivity index (χ2v) is 10.2. The molecule has 1 saturated heterocycles. The van der Waals surface area contributed by atoms with Gasteiger partial charge in [-0.3, -0.25) is 4.79 Å². The SMILES string of the molecule is CCN1CCC(Oc2ccc(Nc3ncc4c(=O)c(C(=O)O)cn(-c5ccc6c(c5)CCC6)c4n3)cc2)CC1. The number of likely N-dealkylation sites (tertiary alicyclic amines) is 1. The first kappa shape index (κ1) is 25.1. The Kier molecular flexibility index (Phi) is 6.74. The van der Waals surface area contributed by atoms with Crippen LogP contribution in [-0.2, 0) is 12.8 Å². The van der Waals surface area contributed by atoms with Crippen LogP contribution in [0.25, 0.3) is 16.7 Å². The van der Waals surface area contributed by atoms with E-state index in [2.05, 4.69) is 39.2 Å². The van der Waals surface area contributed by atoms with Crippen LogP contribution in [0.4, 0.5) is 11.6 Å². The molecular weight excluding hydrogens is 494 g/mol. The molecular formula is C30H31N5O4. The first-order valence-electron chi connectivity index (χ1n) is 13.5. The highest BCUT2D eigenvalue weighted by atomic mass is 16.5. The minimum Gasteiger partial charge on any atom is -0.490 e. The number of carboxylic acid groups (broad SMARTS) is 1. The smallest absolute Gasteiger partial charge is 0.341 e. The van der Waals surface area contributed by atoms with E-state index in [-0.39, 0.29) is 17.1 Å². The van der Waals surface area contributed by atoms with Gasteiger partial charge in [-0.05, 0) is 86.2 Å². The summed E-state index contributed by atoms with van der Waals surface area (Å²) in [4.78, 5) is 36.2. The lowest BCUT2D eigenvalue weighted by Gasteiger charge is -2.31. The van der Waals surface area contributed by atoms with Crippen molar-refractivity contribution in [3.05, 3.63) is 81.8 Å². The molecule has 1 aliphatic heterocycles. The van der Waals surface area contributed by atoms with Crippen LogP contribution in [0.2, 0.25) is 0 Å². The molecule has 2 aliphatic rings. The maximum absolute atomic E-state index is 12.9. The van der Waals surface area contributed by atoms with Crippen molar-refractivity contribution in [3.8, 4) is 11.4 Å². The quantitative estimate of drug-likeness (QED) is 0.361. The molecule has 0 atom stereocenters. The van der Waals surface area contributed by atoms with Crippen LogP contribution in [-0.4, -0.2) is 56.2 Å². The van der Waals surface area contributed by atoms with Gasteiger partial charge in [0.25, 0.3) is 0 Å². The highest BCUT2D eigenvalue weighted by Crippen LogP contribution is 2.27. The monoisotopic (exact) mass is 525 g/mol. The third kappa shape index (κ3) is 5.09. The predicted octanol–water partition coefficient (Wildman–Crippen LogP) is 4.57. The maximum Gasteiger partial charge on any atom is 0.341 e. The molecule has 39 heavy (non-hydrogen) atoms. The zero-order valence-corrected chi connectivity index (χ0v) is 21.9. The summed E-state index contributed by atoms with van der Waals surface area (Å²) >= 11 is 0. The van der Waals surface area contributed by atoms with Crippen LogP contribution in [0.3, 0.4) is 0 Å². The molecule has 9 nitrogen and oxygen atoms in total. The van der Waals surface area contributed by atoms with Gasteiger partial charge in [0.1, 0.15) is 17.4 Å². The summed E-state index contributed by atoms with van der Waals surface area (Å²) in [6, 6.07) is 13.7. The number of carbonyl (C=O) groups is 1. The Morgan fingerprint density at radius 3 is 2.62 bits per heavy atom. The molecule has 3 heterocycles. The van der Waals surface area contributed by atoms with Crippen molar-refractivity contribution in [2.45, 2.75) is 45.1 Å². The first-order valence-corrected chi connectivity index (χ1v) is 13.5. The molecule has 0 bridgehead atoms. The number of aryl methyl sites for hydroxylation is 2. The van der Waals surface area contributed by atoms with Crippen LogP contribution < -0.4 is 15.5 Å². The van der Waals surface area contributed by atoms with Gasteiger partial charge in [0.15, 0.2) is 5.65 Å². The molecule has 0 saturated carbocycles. The summed E-state index contributed by atoms with van der Waals surface area (Å²) in [5.41, 5.74) is 3.50.